The molecule has 3 rings (SSSR count). The molecule has 1 aromatic heterocycles. The van der Waals surface area contributed by atoms with Crippen LogP contribution in [0.1, 0.15) is 22.8 Å². The van der Waals surface area contributed by atoms with Crippen LogP contribution >= 0.6 is 0 Å². The first-order valence-corrected chi connectivity index (χ1v) is 9.30. The summed E-state index contributed by atoms with van der Waals surface area (Å²) in [4.78, 5) is 21.4. The van der Waals surface area contributed by atoms with Crippen LogP contribution in [0.4, 0.5) is 11.5 Å². The summed E-state index contributed by atoms with van der Waals surface area (Å²) < 4.78 is 5.47. The van der Waals surface area contributed by atoms with Gasteiger partial charge >= 0.3 is 0 Å². The fourth-order valence-corrected chi connectivity index (χ4v) is 2.87. The minimum absolute atomic E-state index is 0.0987. The fourth-order valence-electron chi connectivity index (χ4n) is 2.87. The van der Waals surface area contributed by atoms with Gasteiger partial charge in [-0.05, 0) is 61.0 Å². The first-order valence-electron chi connectivity index (χ1n) is 9.30. The van der Waals surface area contributed by atoms with Crippen molar-refractivity contribution in [3.05, 3.63) is 84.1 Å². The van der Waals surface area contributed by atoms with Crippen molar-refractivity contribution in [2.75, 3.05) is 30.5 Å². The fraction of sp³-hybridized carbons (Fsp3) is 0.217. The number of anilines is 2. The molecule has 1 heterocycles. The Labute approximate surface area is 166 Å². The number of nitrogens with zero attached hydrogens (tertiary/aromatic N) is 3. The molecular weight excluding hydrogens is 350 g/mol. The molecule has 1 amide bonds. The van der Waals surface area contributed by atoms with E-state index in [4.69, 9.17) is 4.74 Å². The van der Waals surface area contributed by atoms with Gasteiger partial charge in [-0.2, -0.15) is 0 Å². The maximum Gasteiger partial charge on any atom is 0.259 e. The van der Waals surface area contributed by atoms with Crippen molar-refractivity contribution < 1.29 is 9.53 Å². The Hall–Kier alpha value is -3.34. The Morgan fingerprint density at radius 2 is 1.68 bits per heavy atom. The maximum atomic E-state index is 13.2. The van der Waals surface area contributed by atoms with Crippen LogP contribution in [0, 0.1) is 0 Å². The lowest BCUT2D eigenvalue weighted by Gasteiger charge is -2.22. The highest BCUT2D eigenvalue weighted by Gasteiger charge is 2.19. The Bertz CT molecular complexity index is 891. The second kappa shape index (κ2) is 9.04. The Morgan fingerprint density at radius 3 is 2.25 bits per heavy atom. The molecule has 0 radical (unpaired) electrons. The van der Waals surface area contributed by atoms with Crippen molar-refractivity contribution in [1.82, 2.24) is 4.98 Å². The zero-order valence-electron chi connectivity index (χ0n) is 16.5. The van der Waals surface area contributed by atoms with E-state index < -0.39 is 0 Å². The van der Waals surface area contributed by atoms with Crippen molar-refractivity contribution in [2.24, 2.45) is 0 Å². The number of ether oxygens (including phenoxy) is 1. The Balaban J connectivity index is 1.87. The third kappa shape index (κ3) is 4.68. The summed E-state index contributed by atoms with van der Waals surface area (Å²) >= 11 is 0. The van der Waals surface area contributed by atoms with E-state index in [1.54, 1.807) is 23.2 Å². The summed E-state index contributed by atoms with van der Waals surface area (Å²) in [7, 11) is 4.01. The van der Waals surface area contributed by atoms with Crippen LogP contribution in [0.5, 0.6) is 5.75 Å². The van der Waals surface area contributed by atoms with E-state index in [0.717, 1.165) is 17.0 Å². The Morgan fingerprint density at radius 1 is 0.964 bits per heavy atom. The predicted molar refractivity (Wildman–Crippen MR) is 113 cm³/mol. The molecule has 2 aromatic carbocycles. The van der Waals surface area contributed by atoms with E-state index in [0.29, 0.717) is 24.5 Å². The number of benzene rings is 2. The smallest absolute Gasteiger partial charge is 0.259 e. The molecule has 28 heavy (non-hydrogen) atoms. The molecule has 5 nitrogen and oxygen atoms in total. The molecule has 0 fully saturated rings. The standard InChI is InChI=1S/C23H25N3O2/c1-4-28-21-14-10-19(11-15-21)23(27)26(22-7-5-6-16-24-22)17-18-8-12-20(13-9-18)25(2)3/h5-16H,4,17H2,1-3H3. The van der Waals surface area contributed by atoms with E-state index in [9.17, 15) is 4.79 Å². The van der Waals surface area contributed by atoms with Gasteiger partial charge in [-0.15, -0.1) is 0 Å². The highest BCUT2D eigenvalue weighted by Crippen LogP contribution is 2.21. The van der Waals surface area contributed by atoms with Gasteiger partial charge in [-0.3, -0.25) is 9.69 Å². The first-order chi connectivity index (χ1) is 13.6. The van der Waals surface area contributed by atoms with Gasteiger partial charge in [0.05, 0.1) is 13.2 Å². The maximum absolute atomic E-state index is 13.2. The summed E-state index contributed by atoms with van der Waals surface area (Å²) in [5.41, 5.74) is 2.75. The van der Waals surface area contributed by atoms with Crippen LogP contribution in [-0.4, -0.2) is 31.6 Å². The van der Waals surface area contributed by atoms with Gasteiger partial charge in [0.2, 0.25) is 0 Å². The molecule has 0 aliphatic heterocycles. The third-order valence-electron chi connectivity index (χ3n) is 4.38. The quantitative estimate of drug-likeness (QED) is 0.614. The molecule has 144 valence electrons. The summed E-state index contributed by atoms with van der Waals surface area (Å²) in [5, 5.41) is 0. The van der Waals surface area contributed by atoms with E-state index in [1.807, 2.05) is 80.5 Å². The number of carbonyl (C=O) groups excluding carboxylic acids is 1. The van der Waals surface area contributed by atoms with Gasteiger partial charge in [0, 0.05) is 31.5 Å². The molecule has 0 saturated heterocycles. The molecule has 5 heteroatoms. The molecule has 0 aliphatic carbocycles. The average Bonchev–Trinajstić information content (AvgIpc) is 2.73. The molecule has 0 saturated carbocycles. The monoisotopic (exact) mass is 375 g/mol. The molecule has 0 bridgehead atoms. The second-order valence-corrected chi connectivity index (χ2v) is 6.60. The largest absolute Gasteiger partial charge is 0.494 e. The summed E-state index contributed by atoms with van der Waals surface area (Å²) in [5.74, 6) is 1.28. The minimum Gasteiger partial charge on any atom is -0.494 e. The van der Waals surface area contributed by atoms with Crippen molar-refractivity contribution in [2.45, 2.75) is 13.5 Å². The number of carbonyl (C=O) groups is 1. The summed E-state index contributed by atoms with van der Waals surface area (Å²) in [6.45, 7) is 2.97. The highest BCUT2D eigenvalue weighted by atomic mass is 16.5. The Kier molecular flexibility index (Phi) is 6.27. The zero-order chi connectivity index (χ0) is 19.9. The average molecular weight is 375 g/mol. The molecule has 0 N–H and O–H groups in total. The van der Waals surface area contributed by atoms with Crippen molar-refractivity contribution in [3.8, 4) is 5.75 Å². The molecule has 0 atom stereocenters. The van der Waals surface area contributed by atoms with E-state index in [-0.39, 0.29) is 5.91 Å². The number of hydrogen-bond acceptors (Lipinski definition) is 4. The second-order valence-electron chi connectivity index (χ2n) is 6.60. The van der Waals surface area contributed by atoms with Gasteiger partial charge in [-0.1, -0.05) is 18.2 Å². The van der Waals surface area contributed by atoms with Gasteiger partial charge in [0.1, 0.15) is 11.6 Å². The lowest BCUT2D eigenvalue weighted by Crippen LogP contribution is -2.31. The minimum atomic E-state index is -0.0987. The van der Waals surface area contributed by atoms with Gasteiger partial charge in [0.25, 0.3) is 5.91 Å². The van der Waals surface area contributed by atoms with Crippen LogP contribution in [-0.2, 0) is 6.54 Å². The number of pyridine rings is 1. The zero-order valence-corrected chi connectivity index (χ0v) is 16.5. The van der Waals surface area contributed by atoms with Gasteiger partial charge < -0.3 is 9.64 Å². The van der Waals surface area contributed by atoms with Gasteiger partial charge in [0.15, 0.2) is 0 Å². The van der Waals surface area contributed by atoms with Crippen molar-refractivity contribution >= 4 is 17.4 Å². The van der Waals surface area contributed by atoms with Crippen LogP contribution in [0.3, 0.4) is 0 Å². The molecular formula is C23H25N3O2. The molecule has 0 unspecified atom stereocenters. The van der Waals surface area contributed by atoms with Crippen LogP contribution in [0.2, 0.25) is 0 Å². The van der Waals surface area contributed by atoms with Crippen LogP contribution in [0.25, 0.3) is 0 Å². The van der Waals surface area contributed by atoms with Crippen molar-refractivity contribution in [1.29, 1.82) is 0 Å². The lowest BCUT2D eigenvalue weighted by atomic mass is 10.1. The normalized spacial score (nSPS) is 10.4. The van der Waals surface area contributed by atoms with Crippen molar-refractivity contribution in [3.63, 3.8) is 0 Å². The number of hydrogen-bond donors (Lipinski definition) is 0. The predicted octanol–water partition coefficient (Wildman–Crippen LogP) is 4.39. The molecule has 3 aromatic rings. The highest BCUT2D eigenvalue weighted by molar-refractivity contribution is 6.05. The SMILES string of the molecule is CCOc1ccc(C(=O)N(Cc2ccc(N(C)C)cc2)c2ccccn2)cc1. The number of aromatic nitrogens is 1. The molecule has 0 aliphatic rings. The van der Waals surface area contributed by atoms with E-state index in [2.05, 4.69) is 4.98 Å². The molecule has 0 spiro atoms. The number of amides is 1. The van der Waals surface area contributed by atoms with E-state index >= 15 is 0 Å². The summed E-state index contributed by atoms with van der Waals surface area (Å²) in [6, 6.07) is 21.0. The van der Waals surface area contributed by atoms with Crippen LogP contribution < -0.4 is 14.5 Å². The first kappa shape index (κ1) is 19.4. The number of rotatable bonds is 7. The van der Waals surface area contributed by atoms with Crippen LogP contribution in [0.15, 0.2) is 72.9 Å². The third-order valence-corrected chi connectivity index (χ3v) is 4.38. The topological polar surface area (TPSA) is 45.7 Å². The lowest BCUT2D eigenvalue weighted by molar-refractivity contribution is 0.0984. The van der Waals surface area contributed by atoms with E-state index in [1.165, 1.54) is 0 Å². The van der Waals surface area contributed by atoms with Gasteiger partial charge in [-0.25, -0.2) is 4.98 Å². The summed E-state index contributed by atoms with van der Waals surface area (Å²) in [6.07, 6.45) is 1.70.